The monoisotopic (exact) mass is 364 g/mol. The van der Waals surface area contributed by atoms with Crippen molar-refractivity contribution >= 4 is 27.3 Å². The van der Waals surface area contributed by atoms with Crippen molar-refractivity contribution in [2.45, 2.75) is 20.3 Å². The first kappa shape index (κ1) is 18.9. The zero-order valence-corrected chi connectivity index (χ0v) is 15.2. The Balaban J connectivity index is 2.10. The Hall–Kier alpha value is -2.41. The molecule has 2 aromatic carbocycles. The lowest BCUT2D eigenvalue weighted by molar-refractivity contribution is -0.116. The van der Waals surface area contributed by atoms with Crippen molar-refractivity contribution in [2.75, 3.05) is 22.4 Å². The lowest BCUT2D eigenvalue weighted by Gasteiger charge is -2.22. The highest BCUT2D eigenvalue weighted by Gasteiger charge is 2.21. The van der Waals surface area contributed by atoms with E-state index in [0.29, 0.717) is 5.69 Å². The number of nitrogens with one attached hydrogen (secondary N) is 1. The number of rotatable bonds is 6. The lowest BCUT2D eigenvalue weighted by atomic mass is 10.1. The Labute approximate surface area is 147 Å². The van der Waals surface area contributed by atoms with Gasteiger partial charge in [0.15, 0.2) is 0 Å². The Morgan fingerprint density at radius 3 is 2.28 bits per heavy atom. The van der Waals surface area contributed by atoms with E-state index in [1.165, 1.54) is 18.2 Å². The van der Waals surface area contributed by atoms with E-state index in [9.17, 15) is 17.6 Å². The molecule has 0 unspecified atom stereocenters. The number of halogens is 1. The maximum Gasteiger partial charge on any atom is 0.232 e. The van der Waals surface area contributed by atoms with Crippen LogP contribution in [0, 0.1) is 19.7 Å². The molecule has 0 bridgehead atoms. The molecule has 7 heteroatoms. The molecule has 1 amide bonds. The Bertz CT molecular complexity index is 861. The summed E-state index contributed by atoms with van der Waals surface area (Å²) >= 11 is 0. The van der Waals surface area contributed by atoms with Gasteiger partial charge in [-0.15, -0.1) is 0 Å². The highest BCUT2D eigenvalue weighted by molar-refractivity contribution is 7.92. The van der Waals surface area contributed by atoms with Crippen molar-refractivity contribution in [2.24, 2.45) is 0 Å². The fourth-order valence-corrected chi connectivity index (χ4v) is 3.52. The molecule has 0 aliphatic carbocycles. The number of sulfonamides is 1. The maximum absolute atomic E-state index is 13.9. The van der Waals surface area contributed by atoms with Crippen LogP contribution in [0.2, 0.25) is 0 Å². The van der Waals surface area contributed by atoms with Gasteiger partial charge in [0.1, 0.15) is 5.82 Å². The van der Waals surface area contributed by atoms with E-state index in [2.05, 4.69) is 5.32 Å². The van der Waals surface area contributed by atoms with Gasteiger partial charge in [0.25, 0.3) is 0 Å². The lowest BCUT2D eigenvalue weighted by Crippen LogP contribution is -2.33. The third-order valence-electron chi connectivity index (χ3n) is 3.57. The molecule has 0 spiro atoms. The highest BCUT2D eigenvalue weighted by Crippen LogP contribution is 2.22. The quantitative estimate of drug-likeness (QED) is 0.856. The third-order valence-corrected chi connectivity index (χ3v) is 4.75. The summed E-state index contributed by atoms with van der Waals surface area (Å²) in [5.41, 5.74) is 2.61. The minimum Gasteiger partial charge on any atom is -0.326 e. The van der Waals surface area contributed by atoms with Gasteiger partial charge < -0.3 is 5.32 Å². The Morgan fingerprint density at radius 1 is 1.12 bits per heavy atom. The van der Waals surface area contributed by atoms with Crippen LogP contribution in [0.4, 0.5) is 15.8 Å². The molecule has 0 saturated heterocycles. The number of amides is 1. The van der Waals surface area contributed by atoms with E-state index < -0.39 is 15.8 Å². The zero-order chi connectivity index (χ0) is 18.6. The number of hydrogen-bond acceptors (Lipinski definition) is 3. The second kappa shape index (κ2) is 7.65. The van der Waals surface area contributed by atoms with Gasteiger partial charge in [-0.05, 0) is 49.2 Å². The molecule has 0 saturated carbocycles. The van der Waals surface area contributed by atoms with E-state index in [0.717, 1.165) is 21.7 Å². The topological polar surface area (TPSA) is 66.5 Å². The number of carbonyl (C=O) groups is 1. The first-order chi connectivity index (χ1) is 11.7. The summed E-state index contributed by atoms with van der Waals surface area (Å²) in [5.74, 6) is -0.988. The molecule has 0 radical (unpaired) electrons. The number of carbonyl (C=O) groups excluding carboxylic acids is 1. The Kier molecular flexibility index (Phi) is 5.79. The fraction of sp³-hybridized carbons (Fsp3) is 0.278. The van der Waals surface area contributed by atoms with Crippen LogP contribution < -0.4 is 9.62 Å². The second-order valence-electron chi connectivity index (χ2n) is 5.96. The van der Waals surface area contributed by atoms with Gasteiger partial charge in [0, 0.05) is 18.7 Å². The zero-order valence-electron chi connectivity index (χ0n) is 14.4. The largest absolute Gasteiger partial charge is 0.326 e. The summed E-state index contributed by atoms with van der Waals surface area (Å²) in [6, 6.07) is 11.2. The van der Waals surface area contributed by atoms with Gasteiger partial charge in [-0.1, -0.05) is 18.2 Å². The van der Waals surface area contributed by atoms with E-state index in [4.69, 9.17) is 0 Å². The van der Waals surface area contributed by atoms with E-state index >= 15 is 0 Å². The van der Waals surface area contributed by atoms with E-state index in [-0.39, 0.29) is 24.6 Å². The predicted molar refractivity (Wildman–Crippen MR) is 97.8 cm³/mol. The summed E-state index contributed by atoms with van der Waals surface area (Å²) in [7, 11) is -3.71. The van der Waals surface area contributed by atoms with Crippen LogP contribution in [0.5, 0.6) is 0 Å². The molecule has 0 aromatic heterocycles. The average molecular weight is 364 g/mol. The SMILES string of the molecule is Cc1cc(C)cc(NC(=O)CCN(c2ccccc2F)S(C)(=O)=O)c1. The van der Waals surface area contributed by atoms with Gasteiger partial charge in [-0.2, -0.15) is 0 Å². The molecular formula is C18H21FN2O3S. The highest BCUT2D eigenvalue weighted by atomic mass is 32.2. The number of aryl methyl sites for hydroxylation is 2. The van der Waals surface area contributed by atoms with Gasteiger partial charge in [0.2, 0.25) is 15.9 Å². The molecule has 5 nitrogen and oxygen atoms in total. The minimum atomic E-state index is -3.71. The molecule has 0 atom stereocenters. The van der Waals surface area contributed by atoms with Crippen LogP contribution in [0.25, 0.3) is 0 Å². The standard InChI is InChI=1S/C18H21FN2O3S/c1-13-10-14(2)12-15(11-13)20-18(22)8-9-21(25(3,23)24)17-7-5-4-6-16(17)19/h4-7,10-12H,8-9H2,1-3H3,(H,20,22). The molecule has 0 aliphatic rings. The molecule has 0 heterocycles. The molecule has 0 aliphatic heterocycles. The van der Waals surface area contributed by atoms with Crippen molar-refractivity contribution in [3.63, 3.8) is 0 Å². The molecule has 1 N–H and O–H groups in total. The van der Waals surface area contributed by atoms with E-state index in [1.807, 2.05) is 32.0 Å². The van der Waals surface area contributed by atoms with Crippen LogP contribution in [-0.4, -0.2) is 27.1 Å². The summed E-state index contributed by atoms with van der Waals surface area (Å²) in [4.78, 5) is 12.2. The molecule has 2 aromatic rings. The van der Waals surface area contributed by atoms with Crippen LogP contribution in [-0.2, 0) is 14.8 Å². The normalized spacial score (nSPS) is 11.2. The van der Waals surface area contributed by atoms with Crippen LogP contribution >= 0.6 is 0 Å². The first-order valence-electron chi connectivity index (χ1n) is 7.77. The Morgan fingerprint density at radius 2 is 1.72 bits per heavy atom. The molecule has 134 valence electrons. The smallest absolute Gasteiger partial charge is 0.232 e. The maximum atomic E-state index is 13.9. The van der Waals surface area contributed by atoms with Crippen molar-refractivity contribution in [1.82, 2.24) is 0 Å². The van der Waals surface area contributed by atoms with Crippen LogP contribution in [0.1, 0.15) is 17.5 Å². The predicted octanol–water partition coefficient (Wildman–Crippen LogP) is 3.24. The van der Waals surface area contributed by atoms with Crippen molar-refractivity contribution in [3.8, 4) is 0 Å². The number of anilines is 2. The van der Waals surface area contributed by atoms with Gasteiger partial charge >= 0.3 is 0 Å². The number of benzene rings is 2. The van der Waals surface area contributed by atoms with Crippen molar-refractivity contribution in [3.05, 3.63) is 59.4 Å². The number of nitrogens with zero attached hydrogens (tertiary/aromatic N) is 1. The van der Waals surface area contributed by atoms with Crippen molar-refractivity contribution < 1.29 is 17.6 Å². The summed E-state index contributed by atoms with van der Waals surface area (Å²) < 4.78 is 38.8. The number of para-hydroxylation sites is 1. The van der Waals surface area contributed by atoms with Gasteiger partial charge in [-0.25, -0.2) is 12.8 Å². The summed E-state index contributed by atoms with van der Waals surface area (Å²) in [6.07, 6.45) is 0.898. The molecule has 0 fully saturated rings. The minimum absolute atomic E-state index is 0.0656. The summed E-state index contributed by atoms with van der Waals surface area (Å²) in [6.45, 7) is 3.70. The molecular weight excluding hydrogens is 343 g/mol. The van der Waals surface area contributed by atoms with Gasteiger partial charge in [-0.3, -0.25) is 9.10 Å². The fourth-order valence-electron chi connectivity index (χ4n) is 2.59. The van der Waals surface area contributed by atoms with Crippen molar-refractivity contribution in [1.29, 1.82) is 0 Å². The molecule has 25 heavy (non-hydrogen) atoms. The molecule has 2 rings (SSSR count). The summed E-state index contributed by atoms with van der Waals surface area (Å²) in [5, 5.41) is 2.74. The van der Waals surface area contributed by atoms with Gasteiger partial charge in [0.05, 0.1) is 11.9 Å². The number of hydrogen-bond donors (Lipinski definition) is 1. The first-order valence-corrected chi connectivity index (χ1v) is 9.62. The van der Waals surface area contributed by atoms with Crippen LogP contribution in [0.3, 0.4) is 0 Å². The van der Waals surface area contributed by atoms with Crippen LogP contribution in [0.15, 0.2) is 42.5 Å². The third kappa shape index (κ3) is 5.29. The second-order valence-corrected chi connectivity index (χ2v) is 7.87. The van der Waals surface area contributed by atoms with E-state index in [1.54, 1.807) is 6.07 Å². The average Bonchev–Trinajstić information content (AvgIpc) is 2.46.